The molecule has 19 heavy (non-hydrogen) atoms. The van der Waals surface area contributed by atoms with Crippen LogP contribution in [0, 0.1) is 11.8 Å². The van der Waals surface area contributed by atoms with Crippen molar-refractivity contribution in [3.05, 3.63) is 29.8 Å². The van der Waals surface area contributed by atoms with E-state index in [0.717, 1.165) is 30.6 Å². The summed E-state index contributed by atoms with van der Waals surface area (Å²) in [6, 6.07) is 9.09. The molecule has 0 heterocycles. The van der Waals surface area contributed by atoms with Crippen LogP contribution in [0.25, 0.3) is 0 Å². The van der Waals surface area contributed by atoms with Crippen molar-refractivity contribution in [3.8, 4) is 5.75 Å². The molecule has 3 unspecified atom stereocenters. The fourth-order valence-electron chi connectivity index (χ4n) is 3.10. The maximum Gasteiger partial charge on any atom is 0.119 e. The van der Waals surface area contributed by atoms with Gasteiger partial charge in [-0.1, -0.05) is 38.8 Å². The van der Waals surface area contributed by atoms with Crippen LogP contribution < -0.4 is 10.1 Å². The number of hydrogen-bond donors (Lipinski definition) is 1. The van der Waals surface area contributed by atoms with Crippen LogP contribution in [0.15, 0.2) is 24.3 Å². The van der Waals surface area contributed by atoms with Gasteiger partial charge in [0.05, 0.1) is 7.11 Å². The second-order valence-electron chi connectivity index (χ2n) is 5.93. The van der Waals surface area contributed by atoms with Crippen LogP contribution in [0.1, 0.15) is 38.7 Å². The molecule has 0 spiro atoms. The fourth-order valence-corrected chi connectivity index (χ4v) is 3.10. The van der Waals surface area contributed by atoms with Crippen LogP contribution in [0.5, 0.6) is 5.75 Å². The average molecular weight is 261 g/mol. The van der Waals surface area contributed by atoms with Crippen molar-refractivity contribution in [1.82, 2.24) is 5.32 Å². The summed E-state index contributed by atoms with van der Waals surface area (Å²) >= 11 is 0. The maximum atomic E-state index is 5.26. The molecule has 106 valence electrons. The molecule has 2 nitrogen and oxygen atoms in total. The Labute approximate surface area is 117 Å². The van der Waals surface area contributed by atoms with Crippen molar-refractivity contribution in [2.75, 3.05) is 13.7 Å². The van der Waals surface area contributed by atoms with Crippen molar-refractivity contribution >= 4 is 0 Å². The van der Waals surface area contributed by atoms with Gasteiger partial charge in [-0.25, -0.2) is 0 Å². The SMILES string of the molecule is COc1cccc(CCNC2CCCC(C)C2C)c1. The fraction of sp³-hybridized carbons (Fsp3) is 0.647. The molecule has 1 aromatic carbocycles. The normalized spacial score (nSPS) is 27.2. The van der Waals surface area contributed by atoms with Crippen LogP contribution in [-0.2, 0) is 6.42 Å². The lowest BCUT2D eigenvalue weighted by atomic mass is 9.78. The van der Waals surface area contributed by atoms with E-state index in [1.807, 2.05) is 6.07 Å². The minimum Gasteiger partial charge on any atom is -0.497 e. The molecule has 1 N–H and O–H groups in total. The van der Waals surface area contributed by atoms with Crippen LogP contribution >= 0.6 is 0 Å². The summed E-state index contributed by atoms with van der Waals surface area (Å²) in [7, 11) is 1.72. The average Bonchev–Trinajstić information content (AvgIpc) is 2.44. The van der Waals surface area contributed by atoms with E-state index >= 15 is 0 Å². The summed E-state index contributed by atoms with van der Waals surface area (Å²) in [5.74, 6) is 2.62. The molecule has 1 fully saturated rings. The number of nitrogens with one attached hydrogen (secondary N) is 1. The molecular formula is C17H27NO. The summed E-state index contributed by atoms with van der Waals surface area (Å²) in [5.41, 5.74) is 1.35. The van der Waals surface area contributed by atoms with Crippen LogP contribution in [0.4, 0.5) is 0 Å². The molecule has 0 bridgehead atoms. The standard InChI is InChI=1S/C17H27NO/c1-13-6-4-9-17(14(13)2)18-11-10-15-7-5-8-16(12-15)19-3/h5,7-8,12-14,17-18H,4,6,9-11H2,1-3H3. The molecule has 2 rings (SSSR count). The van der Waals surface area contributed by atoms with Crippen LogP contribution in [0.2, 0.25) is 0 Å². The Morgan fingerprint density at radius 1 is 1.26 bits per heavy atom. The van der Waals surface area contributed by atoms with Crippen molar-refractivity contribution in [3.63, 3.8) is 0 Å². The second-order valence-corrected chi connectivity index (χ2v) is 5.93. The van der Waals surface area contributed by atoms with E-state index in [2.05, 4.69) is 37.4 Å². The Morgan fingerprint density at radius 2 is 2.11 bits per heavy atom. The highest BCUT2D eigenvalue weighted by Crippen LogP contribution is 2.29. The Kier molecular flexibility index (Phi) is 5.26. The van der Waals surface area contributed by atoms with E-state index in [4.69, 9.17) is 4.74 Å². The molecular weight excluding hydrogens is 234 g/mol. The Hall–Kier alpha value is -1.02. The molecule has 3 atom stereocenters. The first-order chi connectivity index (χ1) is 9.20. The molecule has 1 aliphatic carbocycles. The first-order valence-corrected chi connectivity index (χ1v) is 7.57. The third kappa shape index (κ3) is 3.97. The van der Waals surface area contributed by atoms with Gasteiger partial charge in [0.25, 0.3) is 0 Å². The van der Waals surface area contributed by atoms with Crippen molar-refractivity contribution < 1.29 is 4.74 Å². The highest BCUT2D eigenvalue weighted by Gasteiger charge is 2.26. The highest BCUT2D eigenvalue weighted by atomic mass is 16.5. The van der Waals surface area contributed by atoms with Gasteiger partial charge < -0.3 is 10.1 Å². The largest absolute Gasteiger partial charge is 0.497 e. The predicted molar refractivity (Wildman–Crippen MR) is 80.7 cm³/mol. The predicted octanol–water partition coefficient (Wildman–Crippen LogP) is 3.65. The summed E-state index contributed by atoms with van der Waals surface area (Å²) in [6.07, 6.45) is 5.19. The molecule has 1 aliphatic rings. The first-order valence-electron chi connectivity index (χ1n) is 7.57. The number of rotatable bonds is 5. The van der Waals surface area contributed by atoms with Crippen molar-refractivity contribution in [2.45, 2.75) is 45.6 Å². The smallest absolute Gasteiger partial charge is 0.119 e. The third-order valence-corrected chi connectivity index (χ3v) is 4.66. The van der Waals surface area contributed by atoms with Gasteiger partial charge in [0, 0.05) is 6.04 Å². The molecule has 0 aromatic heterocycles. The first kappa shape index (κ1) is 14.4. The summed E-state index contributed by atoms with van der Waals surface area (Å²) in [5, 5.41) is 3.75. The Morgan fingerprint density at radius 3 is 2.89 bits per heavy atom. The quantitative estimate of drug-likeness (QED) is 0.873. The second kappa shape index (κ2) is 6.95. The van der Waals surface area contributed by atoms with Gasteiger partial charge in [-0.15, -0.1) is 0 Å². The van der Waals surface area contributed by atoms with Gasteiger partial charge in [0.1, 0.15) is 5.75 Å². The molecule has 0 saturated heterocycles. The monoisotopic (exact) mass is 261 g/mol. The van der Waals surface area contributed by atoms with Gasteiger partial charge in [-0.2, -0.15) is 0 Å². The number of benzene rings is 1. The summed E-state index contributed by atoms with van der Waals surface area (Å²) < 4.78 is 5.26. The van der Waals surface area contributed by atoms with Crippen LogP contribution in [-0.4, -0.2) is 19.7 Å². The lowest BCUT2D eigenvalue weighted by molar-refractivity contribution is 0.208. The van der Waals surface area contributed by atoms with Crippen molar-refractivity contribution in [1.29, 1.82) is 0 Å². The van der Waals surface area contributed by atoms with Gasteiger partial charge in [-0.05, 0) is 48.9 Å². The zero-order valence-corrected chi connectivity index (χ0v) is 12.5. The number of ether oxygens (including phenoxy) is 1. The lowest BCUT2D eigenvalue weighted by Crippen LogP contribution is -2.41. The summed E-state index contributed by atoms with van der Waals surface area (Å²) in [6.45, 7) is 5.85. The summed E-state index contributed by atoms with van der Waals surface area (Å²) in [4.78, 5) is 0. The van der Waals surface area contributed by atoms with E-state index in [1.165, 1.54) is 24.8 Å². The number of hydrogen-bond acceptors (Lipinski definition) is 2. The molecule has 0 amide bonds. The van der Waals surface area contributed by atoms with E-state index in [1.54, 1.807) is 7.11 Å². The van der Waals surface area contributed by atoms with Crippen molar-refractivity contribution in [2.24, 2.45) is 11.8 Å². The van der Waals surface area contributed by atoms with Gasteiger partial charge >= 0.3 is 0 Å². The Bertz CT molecular complexity index is 391. The molecule has 0 radical (unpaired) electrons. The van der Waals surface area contributed by atoms with E-state index in [9.17, 15) is 0 Å². The maximum absolute atomic E-state index is 5.26. The van der Waals surface area contributed by atoms with E-state index < -0.39 is 0 Å². The molecule has 1 saturated carbocycles. The zero-order valence-electron chi connectivity index (χ0n) is 12.5. The minimum absolute atomic E-state index is 0.703. The number of methoxy groups -OCH3 is 1. The van der Waals surface area contributed by atoms with E-state index in [0.29, 0.717) is 6.04 Å². The topological polar surface area (TPSA) is 21.3 Å². The molecule has 2 heteroatoms. The van der Waals surface area contributed by atoms with Gasteiger partial charge in [0.15, 0.2) is 0 Å². The van der Waals surface area contributed by atoms with Crippen LogP contribution in [0.3, 0.4) is 0 Å². The van der Waals surface area contributed by atoms with Gasteiger partial charge in [-0.3, -0.25) is 0 Å². The van der Waals surface area contributed by atoms with E-state index in [-0.39, 0.29) is 0 Å². The van der Waals surface area contributed by atoms with Gasteiger partial charge in [0.2, 0.25) is 0 Å². The zero-order chi connectivity index (χ0) is 13.7. The highest BCUT2D eigenvalue weighted by molar-refractivity contribution is 5.28. The molecule has 1 aromatic rings. The minimum atomic E-state index is 0.703. The Balaban J connectivity index is 1.79. The lowest BCUT2D eigenvalue weighted by Gasteiger charge is -2.34. The third-order valence-electron chi connectivity index (χ3n) is 4.66. The molecule has 0 aliphatic heterocycles.